The van der Waals surface area contributed by atoms with Crippen LogP contribution < -0.4 is 4.74 Å². The van der Waals surface area contributed by atoms with Crippen LogP contribution in [-0.4, -0.2) is 22.5 Å². The average molecular weight is 430 g/mol. The Balaban J connectivity index is 1.30. The molecule has 32 heavy (non-hydrogen) atoms. The van der Waals surface area contributed by atoms with E-state index in [4.69, 9.17) is 9.84 Å². The molecular weight excluding hydrogens is 398 g/mol. The van der Waals surface area contributed by atoms with Crippen molar-refractivity contribution in [2.24, 2.45) is 0 Å². The number of ether oxygens (including phenoxy) is 1. The molecule has 0 bridgehead atoms. The van der Waals surface area contributed by atoms with Crippen LogP contribution in [0.2, 0.25) is 0 Å². The van der Waals surface area contributed by atoms with Crippen molar-refractivity contribution in [3.8, 4) is 5.75 Å². The van der Waals surface area contributed by atoms with Crippen molar-refractivity contribution < 1.29 is 14.6 Å². The summed E-state index contributed by atoms with van der Waals surface area (Å²) in [6, 6.07) is 25.7. The van der Waals surface area contributed by atoms with Gasteiger partial charge in [-0.25, -0.2) is 0 Å². The Labute approximate surface area is 190 Å². The molecule has 1 unspecified atom stereocenters. The third-order valence-corrected chi connectivity index (χ3v) is 6.28. The number of carbonyl (C=O) groups is 1. The monoisotopic (exact) mass is 429 g/mol. The van der Waals surface area contributed by atoms with Gasteiger partial charge in [-0.2, -0.15) is 0 Å². The number of likely N-dealkylation sites (tertiary alicyclic amines) is 1. The molecule has 0 amide bonds. The van der Waals surface area contributed by atoms with Crippen molar-refractivity contribution in [2.45, 2.75) is 51.8 Å². The highest BCUT2D eigenvalue weighted by molar-refractivity contribution is 5.67. The van der Waals surface area contributed by atoms with Crippen molar-refractivity contribution >= 4 is 5.97 Å². The number of aryl methyl sites for hydroxylation is 2. The number of rotatable bonds is 9. The highest BCUT2D eigenvalue weighted by atomic mass is 16.5. The first kappa shape index (κ1) is 22.1. The van der Waals surface area contributed by atoms with E-state index in [0.717, 1.165) is 30.0 Å². The Bertz CT molecular complexity index is 1030. The standard InChI is InChI=1S/C28H31NO3/c1-21-5-2-3-6-26(21)27-7-4-18-29(27)19-23-8-10-24(11-9-23)20-32-25-15-12-22(13-16-25)14-17-28(30)31/h2-3,5-6,8-13,15-16,27H,4,7,14,17-20H2,1H3,(H,30,31). The summed E-state index contributed by atoms with van der Waals surface area (Å²) in [4.78, 5) is 13.3. The van der Waals surface area contributed by atoms with Crippen molar-refractivity contribution in [3.05, 3.63) is 101 Å². The first-order valence-electron chi connectivity index (χ1n) is 11.4. The Morgan fingerprint density at radius 3 is 2.38 bits per heavy atom. The summed E-state index contributed by atoms with van der Waals surface area (Å²) in [5, 5.41) is 8.79. The van der Waals surface area contributed by atoms with Crippen LogP contribution in [0.5, 0.6) is 5.75 Å². The SMILES string of the molecule is Cc1ccccc1C1CCCN1Cc1ccc(COc2ccc(CCC(=O)O)cc2)cc1. The Hall–Kier alpha value is -3.11. The molecule has 0 aromatic heterocycles. The van der Waals surface area contributed by atoms with Crippen molar-refractivity contribution in [2.75, 3.05) is 6.54 Å². The maximum absolute atomic E-state index is 10.7. The molecule has 3 aromatic carbocycles. The van der Waals surface area contributed by atoms with Crippen LogP contribution in [-0.2, 0) is 24.4 Å². The number of carboxylic acid groups (broad SMARTS) is 1. The molecule has 0 spiro atoms. The zero-order chi connectivity index (χ0) is 22.3. The summed E-state index contributed by atoms with van der Waals surface area (Å²) < 4.78 is 5.91. The van der Waals surface area contributed by atoms with Gasteiger partial charge < -0.3 is 9.84 Å². The second-order valence-corrected chi connectivity index (χ2v) is 8.63. The second kappa shape index (κ2) is 10.5. The number of hydrogen-bond acceptors (Lipinski definition) is 3. The van der Waals surface area contributed by atoms with E-state index in [1.54, 1.807) is 0 Å². The van der Waals surface area contributed by atoms with Crippen molar-refractivity contribution in [1.82, 2.24) is 4.90 Å². The largest absolute Gasteiger partial charge is 0.489 e. The smallest absolute Gasteiger partial charge is 0.303 e. The highest BCUT2D eigenvalue weighted by Crippen LogP contribution is 2.34. The van der Waals surface area contributed by atoms with Crippen LogP contribution in [0, 0.1) is 6.92 Å². The molecule has 1 heterocycles. The molecule has 166 valence electrons. The molecule has 1 N–H and O–H groups in total. The third kappa shape index (κ3) is 5.77. The van der Waals surface area contributed by atoms with Gasteiger partial charge in [0.05, 0.1) is 0 Å². The fraction of sp³-hybridized carbons (Fsp3) is 0.321. The Morgan fingerprint density at radius 1 is 0.969 bits per heavy atom. The van der Waals surface area contributed by atoms with Crippen LogP contribution in [0.1, 0.15) is 53.1 Å². The summed E-state index contributed by atoms with van der Waals surface area (Å²) in [7, 11) is 0. The van der Waals surface area contributed by atoms with Crippen LogP contribution in [0.3, 0.4) is 0 Å². The second-order valence-electron chi connectivity index (χ2n) is 8.63. The van der Waals surface area contributed by atoms with E-state index in [-0.39, 0.29) is 6.42 Å². The summed E-state index contributed by atoms with van der Waals surface area (Å²) >= 11 is 0. The Kier molecular flexibility index (Phi) is 7.23. The number of nitrogens with zero attached hydrogens (tertiary/aromatic N) is 1. The average Bonchev–Trinajstić information content (AvgIpc) is 3.26. The van der Waals surface area contributed by atoms with Gasteiger partial charge in [0.15, 0.2) is 0 Å². The topological polar surface area (TPSA) is 49.8 Å². The lowest BCUT2D eigenvalue weighted by molar-refractivity contribution is -0.136. The van der Waals surface area contributed by atoms with E-state index >= 15 is 0 Å². The molecule has 1 atom stereocenters. The summed E-state index contributed by atoms with van der Waals surface area (Å²) in [6.45, 7) is 4.85. The van der Waals surface area contributed by atoms with Gasteiger partial charge in [0.25, 0.3) is 0 Å². The van der Waals surface area contributed by atoms with E-state index in [0.29, 0.717) is 19.1 Å². The molecule has 4 heteroatoms. The molecule has 0 saturated carbocycles. The summed E-state index contributed by atoms with van der Waals surface area (Å²) in [5.41, 5.74) is 6.32. The van der Waals surface area contributed by atoms with Crippen molar-refractivity contribution in [3.63, 3.8) is 0 Å². The molecule has 4 nitrogen and oxygen atoms in total. The van der Waals surface area contributed by atoms with Gasteiger partial charge in [-0.3, -0.25) is 9.69 Å². The number of hydrogen-bond donors (Lipinski definition) is 1. The van der Waals surface area contributed by atoms with Crippen LogP contribution in [0.25, 0.3) is 0 Å². The lowest BCUT2D eigenvalue weighted by atomic mass is 9.99. The van der Waals surface area contributed by atoms with E-state index in [9.17, 15) is 4.79 Å². The number of aliphatic carboxylic acids is 1. The lowest BCUT2D eigenvalue weighted by Crippen LogP contribution is -2.23. The maximum atomic E-state index is 10.7. The van der Waals surface area contributed by atoms with Crippen LogP contribution >= 0.6 is 0 Å². The lowest BCUT2D eigenvalue weighted by Gasteiger charge is -2.26. The molecular formula is C28H31NO3. The third-order valence-electron chi connectivity index (χ3n) is 6.28. The predicted octanol–water partition coefficient (Wildman–Crippen LogP) is 5.93. The molecule has 4 rings (SSSR count). The first-order valence-corrected chi connectivity index (χ1v) is 11.4. The van der Waals surface area contributed by atoms with Gasteiger partial charge >= 0.3 is 5.97 Å². The fourth-order valence-electron chi connectivity index (χ4n) is 4.47. The van der Waals surface area contributed by atoms with Gasteiger partial charge in [0.2, 0.25) is 0 Å². The first-order chi connectivity index (χ1) is 15.6. The molecule has 1 saturated heterocycles. The minimum Gasteiger partial charge on any atom is -0.489 e. The van der Waals surface area contributed by atoms with E-state index in [1.165, 1.54) is 29.5 Å². The van der Waals surface area contributed by atoms with E-state index < -0.39 is 5.97 Å². The van der Waals surface area contributed by atoms with Gasteiger partial charge in [-0.15, -0.1) is 0 Å². The zero-order valence-electron chi connectivity index (χ0n) is 18.7. The summed E-state index contributed by atoms with van der Waals surface area (Å²) in [6.07, 6.45) is 3.17. The number of carboxylic acids is 1. The normalized spacial score (nSPS) is 16.2. The minimum atomic E-state index is -0.774. The minimum absolute atomic E-state index is 0.148. The highest BCUT2D eigenvalue weighted by Gasteiger charge is 2.26. The zero-order valence-corrected chi connectivity index (χ0v) is 18.7. The van der Waals surface area contributed by atoms with Gasteiger partial charge in [-0.1, -0.05) is 60.7 Å². The van der Waals surface area contributed by atoms with Gasteiger partial charge in [-0.05, 0) is 72.7 Å². The number of benzene rings is 3. The van der Waals surface area contributed by atoms with E-state index in [2.05, 4.69) is 60.4 Å². The van der Waals surface area contributed by atoms with Gasteiger partial charge in [0, 0.05) is 19.0 Å². The quantitative estimate of drug-likeness (QED) is 0.458. The van der Waals surface area contributed by atoms with Crippen molar-refractivity contribution in [1.29, 1.82) is 0 Å². The molecule has 3 aromatic rings. The van der Waals surface area contributed by atoms with E-state index in [1.807, 2.05) is 24.3 Å². The van der Waals surface area contributed by atoms with Crippen LogP contribution in [0.4, 0.5) is 0 Å². The molecule has 0 radical (unpaired) electrons. The van der Waals surface area contributed by atoms with Gasteiger partial charge in [0.1, 0.15) is 12.4 Å². The maximum Gasteiger partial charge on any atom is 0.303 e. The Morgan fingerprint density at radius 2 is 1.66 bits per heavy atom. The predicted molar refractivity (Wildman–Crippen MR) is 127 cm³/mol. The van der Waals surface area contributed by atoms with Crippen LogP contribution in [0.15, 0.2) is 72.8 Å². The molecule has 1 aliphatic heterocycles. The molecule has 1 fully saturated rings. The molecule has 0 aliphatic carbocycles. The summed E-state index contributed by atoms with van der Waals surface area (Å²) in [5.74, 6) is 0.0236. The molecule has 1 aliphatic rings. The fourth-order valence-corrected chi connectivity index (χ4v) is 4.47.